The number of rotatable bonds is 5. The maximum absolute atomic E-state index is 12.8. The fourth-order valence-electron chi connectivity index (χ4n) is 3.15. The highest BCUT2D eigenvalue weighted by molar-refractivity contribution is 7.80. The summed E-state index contributed by atoms with van der Waals surface area (Å²) in [6.07, 6.45) is 0. The second-order valence-electron chi connectivity index (χ2n) is 6.05. The average molecular weight is 382 g/mol. The molecule has 0 amide bonds. The van der Waals surface area contributed by atoms with Crippen LogP contribution >= 0.6 is 12.2 Å². The van der Waals surface area contributed by atoms with E-state index in [-0.39, 0.29) is 12.0 Å². The summed E-state index contributed by atoms with van der Waals surface area (Å²) in [4.78, 5) is 14.6. The molecule has 0 fully saturated rings. The smallest absolute Gasteiger partial charge is 0.338 e. The molecule has 0 saturated carbocycles. The summed E-state index contributed by atoms with van der Waals surface area (Å²) in [5.41, 5.74) is 3.10. The zero-order valence-corrected chi connectivity index (χ0v) is 16.4. The van der Waals surface area contributed by atoms with E-state index in [1.165, 1.54) is 0 Å². The molecule has 1 heterocycles. The molecule has 0 saturated heterocycles. The van der Waals surface area contributed by atoms with Gasteiger partial charge in [0.2, 0.25) is 0 Å². The Morgan fingerprint density at radius 3 is 2.41 bits per heavy atom. The van der Waals surface area contributed by atoms with Crippen molar-refractivity contribution in [2.75, 3.05) is 18.6 Å². The van der Waals surface area contributed by atoms with E-state index in [0.29, 0.717) is 17.3 Å². The van der Waals surface area contributed by atoms with Crippen LogP contribution in [0.1, 0.15) is 25.5 Å². The lowest BCUT2D eigenvalue weighted by Crippen LogP contribution is -2.48. The first kappa shape index (κ1) is 18.9. The predicted molar refractivity (Wildman–Crippen MR) is 110 cm³/mol. The molecule has 2 aromatic carbocycles. The molecule has 27 heavy (non-hydrogen) atoms. The van der Waals surface area contributed by atoms with Crippen LogP contribution in [-0.2, 0) is 9.53 Å². The first-order chi connectivity index (χ1) is 13.1. The molecule has 1 unspecified atom stereocenters. The Morgan fingerprint density at radius 2 is 1.81 bits per heavy atom. The second-order valence-corrected chi connectivity index (χ2v) is 6.43. The zero-order valence-electron chi connectivity index (χ0n) is 15.6. The number of hydrogen-bond donors (Lipinski definition) is 1. The van der Waals surface area contributed by atoms with Crippen LogP contribution in [0.15, 0.2) is 65.9 Å². The van der Waals surface area contributed by atoms with Gasteiger partial charge in [-0.3, -0.25) is 4.90 Å². The van der Waals surface area contributed by atoms with E-state index in [1.807, 2.05) is 66.4 Å². The standard InChI is InChI=1S/C21H22N2O3S/c1-4-26-20(24)18-14(2)23(16-8-6-5-7-9-16)21(27)22-19(18)15-10-12-17(25-3)13-11-15/h5-13,19H,4H2,1-3H3,(H,22,27). The summed E-state index contributed by atoms with van der Waals surface area (Å²) in [5, 5.41) is 3.83. The molecular formula is C21H22N2O3S. The van der Waals surface area contributed by atoms with Gasteiger partial charge in [0.05, 0.1) is 25.3 Å². The Morgan fingerprint density at radius 1 is 1.15 bits per heavy atom. The third-order valence-electron chi connectivity index (χ3n) is 4.44. The van der Waals surface area contributed by atoms with Crippen LogP contribution in [0, 0.1) is 0 Å². The van der Waals surface area contributed by atoms with Gasteiger partial charge in [-0.1, -0.05) is 30.3 Å². The van der Waals surface area contributed by atoms with Gasteiger partial charge < -0.3 is 14.8 Å². The molecule has 0 spiro atoms. The average Bonchev–Trinajstić information content (AvgIpc) is 2.68. The third kappa shape index (κ3) is 3.80. The van der Waals surface area contributed by atoms with Crippen LogP contribution in [0.25, 0.3) is 0 Å². The summed E-state index contributed by atoms with van der Waals surface area (Å²) in [7, 11) is 1.62. The Balaban J connectivity index is 2.09. The van der Waals surface area contributed by atoms with Gasteiger partial charge in [-0.15, -0.1) is 0 Å². The molecule has 5 nitrogen and oxygen atoms in total. The highest BCUT2D eigenvalue weighted by atomic mass is 32.1. The number of nitrogens with one attached hydrogen (secondary N) is 1. The number of carbonyl (C=O) groups is 1. The number of benzene rings is 2. The molecule has 0 aliphatic carbocycles. The molecule has 1 N–H and O–H groups in total. The molecule has 0 bridgehead atoms. The van der Waals surface area contributed by atoms with Gasteiger partial charge in [-0.2, -0.15) is 0 Å². The van der Waals surface area contributed by atoms with Crippen molar-refractivity contribution in [2.24, 2.45) is 0 Å². The highest BCUT2D eigenvalue weighted by Crippen LogP contribution is 2.34. The van der Waals surface area contributed by atoms with Crippen LogP contribution < -0.4 is 15.0 Å². The molecule has 0 radical (unpaired) electrons. The maximum atomic E-state index is 12.8. The van der Waals surface area contributed by atoms with Crippen molar-refractivity contribution in [3.8, 4) is 5.75 Å². The van der Waals surface area contributed by atoms with E-state index < -0.39 is 0 Å². The van der Waals surface area contributed by atoms with Crippen molar-refractivity contribution >= 4 is 29.0 Å². The Kier molecular flexibility index (Phi) is 5.76. The van der Waals surface area contributed by atoms with E-state index in [2.05, 4.69) is 5.32 Å². The van der Waals surface area contributed by atoms with Gasteiger partial charge in [0, 0.05) is 11.4 Å². The molecule has 3 rings (SSSR count). The Labute approximate surface area is 164 Å². The predicted octanol–water partition coefficient (Wildman–Crippen LogP) is 3.97. The molecule has 0 aromatic heterocycles. The van der Waals surface area contributed by atoms with E-state index >= 15 is 0 Å². The number of carbonyl (C=O) groups excluding carboxylic acids is 1. The minimum Gasteiger partial charge on any atom is -0.497 e. The molecule has 1 aliphatic rings. The molecular weight excluding hydrogens is 360 g/mol. The number of nitrogens with zero attached hydrogens (tertiary/aromatic N) is 1. The number of methoxy groups -OCH3 is 1. The Bertz CT molecular complexity index is 863. The number of para-hydroxylation sites is 1. The van der Waals surface area contributed by atoms with E-state index in [0.717, 1.165) is 22.7 Å². The fourth-order valence-corrected chi connectivity index (χ4v) is 3.51. The van der Waals surface area contributed by atoms with Crippen LogP contribution in [0.2, 0.25) is 0 Å². The first-order valence-corrected chi connectivity index (χ1v) is 9.15. The molecule has 2 aromatic rings. The SMILES string of the molecule is CCOC(=O)C1=C(C)N(c2ccccc2)C(=S)NC1c1ccc(OC)cc1. The summed E-state index contributed by atoms with van der Waals surface area (Å²) >= 11 is 5.62. The summed E-state index contributed by atoms with van der Waals surface area (Å²) < 4.78 is 10.6. The van der Waals surface area contributed by atoms with Crippen molar-refractivity contribution in [3.63, 3.8) is 0 Å². The van der Waals surface area contributed by atoms with Crippen molar-refractivity contribution in [2.45, 2.75) is 19.9 Å². The van der Waals surface area contributed by atoms with Gasteiger partial charge >= 0.3 is 5.97 Å². The lowest BCUT2D eigenvalue weighted by molar-refractivity contribution is -0.139. The Hall–Kier alpha value is -2.86. The zero-order chi connectivity index (χ0) is 19.4. The molecule has 6 heteroatoms. The fraction of sp³-hybridized carbons (Fsp3) is 0.238. The number of ether oxygens (including phenoxy) is 2. The van der Waals surface area contributed by atoms with Crippen molar-refractivity contribution in [3.05, 3.63) is 71.4 Å². The van der Waals surface area contributed by atoms with Gasteiger partial charge in [-0.25, -0.2) is 4.79 Å². The lowest BCUT2D eigenvalue weighted by atomic mass is 9.94. The normalized spacial score (nSPS) is 16.8. The summed E-state index contributed by atoms with van der Waals surface area (Å²) in [5.74, 6) is 0.396. The quantitative estimate of drug-likeness (QED) is 0.624. The molecule has 1 atom stereocenters. The van der Waals surface area contributed by atoms with Gasteiger partial charge in [0.1, 0.15) is 5.75 Å². The van der Waals surface area contributed by atoms with E-state index in [9.17, 15) is 4.79 Å². The van der Waals surface area contributed by atoms with Crippen LogP contribution in [0.5, 0.6) is 5.75 Å². The van der Waals surface area contributed by atoms with Crippen molar-refractivity contribution < 1.29 is 14.3 Å². The highest BCUT2D eigenvalue weighted by Gasteiger charge is 2.35. The van der Waals surface area contributed by atoms with E-state index in [4.69, 9.17) is 21.7 Å². The monoisotopic (exact) mass is 382 g/mol. The van der Waals surface area contributed by atoms with E-state index in [1.54, 1.807) is 14.0 Å². The first-order valence-electron chi connectivity index (χ1n) is 8.74. The molecule has 140 valence electrons. The third-order valence-corrected chi connectivity index (χ3v) is 4.74. The summed E-state index contributed by atoms with van der Waals surface area (Å²) in [6, 6.07) is 16.9. The van der Waals surface area contributed by atoms with Crippen molar-refractivity contribution in [1.82, 2.24) is 5.32 Å². The molecule has 1 aliphatic heterocycles. The lowest BCUT2D eigenvalue weighted by Gasteiger charge is -2.37. The number of esters is 1. The second kappa shape index (κ2) is 8.22. The van der Waals surface area contributed by atoms with Crippen LogP contribution in [-0.4, -0.2) is 24.8 Å². The number of allylic oxidation sites excluding steroid dienone is 1. The summed E-state index contributed by atoms with van der Waals surface area (Å²) in [6.45, 7) is 4.00. The largest absolute Gasteiger partial charge is 0.497 e. The van der Waals surface area contributed by atoms with Crippen LogP contribution in [0.4, 0.5) is 5.69 Å². The number of thiocarbonyl (C=S) groups is 1. The van der Waals surface area contributed by atoms with Gasteiger partial charge in [0.15, 0.2) is 5.11 Å². The van der Waals surface area contributed by atoms with Crippen molar-refractivity contribution in [1.29, 1.82) is 0 Å². The van der Waals surface area contributed by atoms with Crippen LogP contribution in [0.3, 0.4) is 0 Å². The van der Waals surface area contributed by atoms with Gasteiger partial charge in [-0.05, 0) is 55.9 Å². The topological polar surface area (TPSA) is 50.8 Å². The number of anilines is 1. The van der Waals surface area contributed by atoms with Gasteiger partial charge in [0.25, 0.3) is 0 Å². The maximum Gasteiger partial charge on any atom is 0.338 e. The number of hydrogen-bond acceptors (Lipinski definition) is 4. The minimum atomic E-state index is -0.387. The minimum absolute atomic E-state index is 0.306.